The van der Waals surface area contributed by atoms with E-state index in [4.69, 9.17) is 0 Å². The van der Waals surface area contributed by atoms with Crippen LogP contribution in [0.5, 0.6) is 0 Å². The van der Waals surface area contributed by atoms with Gasteiger partial charge in [0.05, 0.1) is 0 Å². The van der Waals surface area contributed by atoms with Gasteiger partial charge in [-0.3, -0.25) is 4.79 Å². The van der Waals surface area contributed by atoms with Gasteiger partial charge in [0.25, 0.3) is 5.91 Å². The highest BCUT2D eigenvalue weighted by Gasteiger charge is 2.23. The zero-order chi connectivity index (χ0) is 20.5. The van der Waals surface area contributed by atoms with E-state index in [1.807, 2.05) is 6.07 Å². The van der Waals surface area contributed by atoms with Crippen LogP contribution in [0, 0.1) is 0 Å². The number of fused-ring (bicyclic) bond motifs is 4. The van der Waals surface area contributed by atoms with Gasteiger partial charge in [0.15, 0.2) is 6.54 Å². The summed E-state index contributed by atoms with van der Waals surface area (Å²) in [6.07, 6.45) is 3.48. The van der Waals surface area contributed by atoms with Crippen molar-refractivity contribution in [2.45, 2.75) is 38.8 Å². The third-order valence-corrected chi connectivity index (χ3v) is 6.38. The molecule has 0 aliphatic heterocycles. The molecule has 1 aliphatic rings. The molecule has 1 aliphatic carbocycles. The van der Waals surface area contributed by atoms with E-state index in [1.165, 1.54) is 39.4 Å². The number of aromatic nitrogens is 1. The number of anilines is 1. The first-order valence-electron chi connectivity index (χ1n) is 11.0. The van der Waals surface area contributed by atoms with Gasteiger partial charge < -0.3 is 15.2 Å². The summed E-state index contributed by atoms with van der Waals surface area (Å²) in [6.45, 7) is 3.53. The first-order chi connectivity index (χ1) is 14.7. The molecule has 0 saturated heterocycles. The Morgan fingerprint density at radius 1 is 1.03 bits per heavy atom. The molecule has 0 spiro atoms. The number of benzene rings is 3. The predicted octanol–water partition coefficient (Wildman–Crippen LogP) is 4.39. The molecule has 30 heavy (non-hydrogen) atoms. The van der Waals surface area contributed by atoms with Gasteiger partial charge in [0, 0.05) is 46.0 Å². The van der Waals surface area contributed by atoms with Crippen LogP contribution in [0.1, 0.15) is 36.9 Å². The van der Waals surface area contributed by atoms with E-state index < -0.39 is 0 Å². The highest BCUT2D eigenvalue weighted by atomic mass is 16.1. The van der Waals surface area contributed by atoms with Crippen LogP contribution in [0.3, 0.4) is 0 Å². The number of nitrogens with one attached hydrogen (secondary N) is 1. The monoisotopic (exact) mass is 398 g/mol. The molecule has 1 amide bonds. The Morgan fingerprint density at radius 2 is 1.83 bits per heavy atom. The molecule has 0 radical (unpaired) electrons. The van der Waals surface area contributed by atoms with E-state index in [0.717, 1.165) is 25.1 Å². The maximum Gasteiger partial charge on any atom is 0.279 e. The SMILES string of the molecule is CCn1c2ccccc2c2cc(NC(=O)C[NH2+][C@H]3CCCc4ccccc43)ccc21. The van der Waals surface area contributed by atoms with E-state index in [9.17, 15) is 4.79 Å². The van der Waals surface area contributed by atoms with Gasteiger partial charge in [0.1, 0.15) is 6.04 Å². The van der Waals surface area contributed by atoms with Crippen molar-refractivity contribution in [2.24, 2.45) is 0 Å². The smallest absolute Gasteiger partial charge is 0.279 e. The lowest BCUT2D eigenvalue weighted by Crippen LogP contribution is -2.87. The number of amides is 1. The zero-order valence-corrected chi connectivity index (χ0v) is 17.4. The fourth-order valence-corrected chi connectivity index (χ4v) is 4.97. The second-order valence-electron chi connectivity index (χ2n) is 8.18. The molecular formula is C26H28N3O+. The normalized spacial score (nSPS) is 16.0. The standard InChI is InChI=1S/C26H27N3O/c1-2-29-24-13-6-5-11-21(24)22-16-19(14-15-25(22)29)28-26(30)17-27-23-12-7-9-18-8-3-4-10-20(18)23/h3-6,8,10-11,13-16,23,27H,2,7,9,12,17H2,1H3,(H,28,30)/p+1/t23-/m0/s1. The van der Waals surface area contributed by atoms with Crippen molar-refractivity contribution in [3.05, 3.63) is 77.9 Å². The average Bonchev–Trinajstić information content (AvgIpc) is 3.10. The van der Waals surface area contributed by atoms with Gasteiger partial charge in [-0.15, -0.1) is 0 Å². The Labute approximate surface area is 176 Å². The first-order valence-corrected chi connectivity index (χ1v) is 11.0. The minimum Gasteiger partial charge on any atom is -0.341 e. The maximum atomic E-state index is 12.7. The number of nitrogens with zero attached hydrogens (tertiary/aromatic N) is 1. The van der Waals surface area contributed by atoms with Gasteiger partial charge in [-0.25, -0.2) is 0 Å². The number of hydrogen-bond donors (Lipinski definition) is 2. The number of rotatable bonds is 5. The van der Waals surface area contributed by atoms with Crippen molar-refractivity contribution in [2.75, 3.05) is 11.9 Å². The molecule has 0 bridgehead atoms. The van der Waals surface area contributed by atoms with Crippen molar-refractivity contribution in [3.63, 3.8) is 0 Å². The van der Waals surface area contributed by atoms with E-state index in [1.54, 1.807) is 0 Å². The van der Waals surface area contributed by atoms with Crippen LogP contribution >= 0.6 is 0 Å². The molecule has 5 rings (SSSR count). The fourth-order valence-electron chi connectivity index (χ4n) is 4.97. The minimum atomic E-state index is 0.0524. The molecule has 3 aromatic carbocycles. The van der Waals surface area contributed by atoms with E-state index in [2.05, 4.69) is 82.8 Å². The zero-order valence-electron chi connectivity index (χ0n) is 17.4. The average molecular weight is 399 g/mol. The molecule has 1 heterocycles. The van der Waals surface area contributed by atoms with E-state index >= 15 is 0 Å². The minimum absolute atomic E-state index is 0.0524. The predicted molar refractivity (Wildman–Crippen MR) is 123 cm³/mol. The molecule has 1 aromatic heterocycles. The van der Waals surface area contributed by atoms with Crippen LogP contribution in [0.25, 0.3) is 21.8 Å². The van der Waals surface area contributed by atoms with Gasteiger partial charge in [-0.1, -0.05) is 42.5 Å². The van der Waals surface area contributed by atoms with Crippen molar-refractivity contribution in [3.8, 4) is 0 Å². The van der Waals surface area contributed by atoms with Crippen LogP contribution in [0.2, 0.25) is 0 Å². The van der Waals surface area contributed by atoms with E-state index in [0.29, 0.717) is 12.6 Å². The first kappa shape index (κ1) is 18.9. The molecule has 152 valence electrons. The third kappa shape index (κ3) is 3.37. The summed E-state index contributed by atoms with van der Waals surface area (Å²) in [4.78, 5) is 12.7. The van der Waals surface area contributed by atoms with Crippen molar-refractivity contribution < 1.29 is 10.1 Å². The lowest BCUT2D eigenvalue weighted by Gasteiger charge is -2.23. The molecule has 3 N–H and O–H groups in total. The Balaban J connectivity index is 1.32. The largest absolute Gasteiger partial charge is 0.341 e. The molecule has 4 aromatic rings. The van der Waals surface area contributed by atoms with Gasteiger partial charge in [-0.2, -0.15) is 0 Å². The third-order valence-electron chi connectivity index (χ3n) is 6.38. The van der Waals surface area contributed by atoms with Crippen LogP contribution < -0.4 is 10.6 Å². The second kappa shape index (κ2) is 7.96. The van der Waals surface area contributed by atoms with Gasteiger partial charge >= 0.3 is 0 Å². The quantitative estimate of drug-likeness (QED) is 0.515. The van der Waals surface area contributed by atoms with Crippen molar-refractivity contribution >= 4 is 33.4 Å². The van der Waals surface area contributed by atoms with Crippen LogP contribution in [0.4, 0.5) is 5.69 Å². The maximum absolute atomic E-state index is 12.7. The summed E-state index contributed by atoms with van der Waals surface area (Å²) >= 11 is 0. The summed E-state index contributed by atoms with van der Waals surface area (Å²) in [7, 11) is 0. The molecule has 1 atom stereocenters. The Kier molecular flexibility index (Phi) is 5.01. The number of aryl methyl sites for hydroxylation is 2. The molecule has 0 unspecified atom stereocenters. The number of carbonyl (C=O) groups is 1. The van der Waals surface area contributed by atoms with Gasteiger partial charge in [0.2, 0.25) is 0 Å². The Hall–Kier alpha value is -3.11. The Bertz CT molecular complexity index is 1220. The van der Waals surface area contributed by atoms with Crippen LogP contribution in [-0.2, 0) is 17.8 Å². The molecule has 0 fully saturated rings. The summed E-state index contributed by atoms with van der Waals surface area (Å²) < 4.78 is 2.32. The summed E-state index contributed by atoms with van der Waals surface area (Å²) in [5.41, 5.74) is 6.14. The number of quaternary nitrogens is 1. The van der Waals surface area contributed by atoms with Crippen molar-refractivity contribution in [1.82, 2.24) is 4.57 Å². The Morgan fingerprint density at radius 3 is 2.73 bits per heavy atom. The second-order valence-corrected chi connectivity index (χ2v) is 8.18. The number of carbonyl (C=O) groups excluding carboxylic acids is 1. The number of nitrogens with two attached hydrogens (primary N) is 1. The highest BCUT2D eigenvalue weighted by molar-refractivity contribution is 6.09. The van der Waals surface area contributed by atoms with E-state index in [-0.39, 0.29) is 5.91 Å². The highest BCUT2D eigenvalue weighted by Crippen LogP contribution is 2.31. The molecule has 4 nitrogen and oxygen atoms in total. The summed E-state index contributed by atoms with van der Waals surface area (Å²) in [5.74, 6) is 0.0524. The van der Waals surface area contributed by atoms with Gasteiger partial charge in [-0.05, 0) is 49.6 Å². The fraction of sp³-hybridized carbons (Fsp3) is 0.269. The van der Waals surface area contributed by atoms with Crippen LogP contribution in [-0.4, -0.2) is 17.0 Å². The molecular weight excluding hydrogens is 370 g/mol. The molecule has 4 heteroatoms. The summed E-state index contributed by atoms with van der Waals surface area (Å²) in [5, 5.41) is 7.72. The van der Waals surface area contributed by atoms with Crippen molar-refractivity contribution in [1.29, 1.82) is 0 Å². The van der Waals surface area contributed by atoms with Crippen LogP contribution in [0.15, 0.2) is 66.7 Å². The number of hydrogen-bond acceptors (Lipinski definition) is 1. The number of para-hydroxylation sites is 1. The summed E-state index contributed by atoms with van der Waals surface area (Å²) in [6, 6.07) is 23.7. The lowest BCUT2D eigenvalue weighted by atomic mass is 9.88. The lowest BCUT2D eigenvalue weighted by molar-refractivity contribution is -0.687. The molecule has 0 saturated carbocycles. The topological polar surface area (TPSA) is 50.6 Å².